The van der Waals surface area contributed by atoms with Gasteiger partial charge in [0.2, 0.25) is 5.91 Å². The SMILES string of the molecule is CC1(OCC(=O)NC(CO)(CO)CO)CNC1. The van der Waals surface area contributed by atoms with Crippen LogP contribution in [0.3, 0.4) is 0 Å². The van der Waals surface area contributed by atoms with Gasteiger partial charge < -0.3 is 30.7 Å². The van der Waals surface area contributed by atoms with Crippen LogP contribution in [-0.2, 0) is 9.53 Å². The smallest absolute Gasteiger partial charge is 0.246 e. The Hall–Kier alpha value is -0.730. The van der Waals surface area contributed by atoms with Gasteiger partial charge in [-0.05, 0) is 6.92 Å². The van der Waals surface area contributed by atoms with Gasteiger partial charge in [-0.25, -0.2) is 0 Å². The Morgan fingerprint density at radius 3 is 2.24 bits per heavy atom. The predicted molar refractivity (Wildman–Crippen MR) is 59.4 cm³/mol. The Morgan fingerprint density at radius 1 is 1.35 bits per heavy atom. The average molecular weight is 248 g/mol. The first kappa shape index (κ1) is 14.3. The lowest BCUT2D eigenvalue weighted by atomic mass is 10.0. The number of aliphatic hydroxyl groups is 3. The first-order valence-electron chi connectivity index (χ1n) is 5.47. The molecule has 7 nitrogen and oxygen atoms in total. The first-order valence-corrected chi connectivity index (χ1v) is 5.47. The van der Waals surface area contributed by atoms with Crippen molar-refractivity contribution in [2.24, 2.45) is 0 Å². The highest BCUT2D eigenvalue weighted by atomic mass is 16.5. The van der Waals surface area contributed by atoms with Crippen LogP contribution in [0.25, 0.3) is 0 Å². The average Bonchev–Trinajstić information content (AvgIpc) is 2.31. The maximum absolute atomic E-state index is 11.5. The molecular weight excluding hydrogens is 228 g/mol. The lowest BCUT2D eigenvalue weighted by molar-refractivity contribution is -0.139. The van der Waals surface area contributed by atoms with E-state index in [1.54, 1.807) is 0 Å². The van der Waals surface area contributed by atoms with E-state index in [1.165, 1.54) is 0 Å². The molecule has 0 unspecified atom stereocenters. The molecule has 0 saturated carbocycles. The largest absolute Gasteiger partial charge is 0.394 e. The Kier molecular flexibility index (Phi) is 4.84. The second-order valence-corrected chi connectivity index (χ2v) is 4.64. The minimum absolute atomic E-state index is 0.167. The molecule has 1 fully saturated rings. The summed E-state index contributed by atoms with van der Waals surface area (Å²) in [6.07, 6.45) is 0. The second-order valence-electron chi connectivity index (χ2n) is 4.64. The van der Waals surface area contributed by atoms with Crippen LogP contribution >= 0.6 is 0 Å². The van der Waals surface area contributed by atoms with Crippen molar-refractivity contribution in [3.8, 4) is 0 Å². The molecule has 1 amide bonds. The second kappa shape index (κ2) is 5.74. The third-order valence-electron chi connectivity index (χ3n) is 2.86. The molecule has 0 aliphatic carbocycles. The molecule has 1 aliphatic rings. The topological polar surface area (TPSA) is 111 Å². The fraction of sp³-hybridized carbons (Fsp3) is 0.900. The number of carbonyl (C=O) groups is 1. The van der Waals surface area contributed by atoms with E-state index in [4.69, 9.17) is 20.1 Å². The van der Waals surface area contributed by atoms with Gasteiger partial charge in [-0.1, -0.05) is 0 Å². The number of carbonyl (C=O) groups excluding carboxylic acids is 1. The summed E-state index contributed by atoms with van der Waals surface area (Å²) >= 11 is 0. The van der Waals surface area contributed by atoms with Gasteiger partial charge in [-0.2, -0.15) is 0 Å². The van der Waals surface area contributed by atoms with Crippen molar-refractivity contribution in [3.63, 3.8) is 0 Å². The van der Waals surface area contributed by atoms with Crippen LogP contribution in [0.1, 0.15) is 6.92 Å². The lowest BCUT2D eigenvalue weighted by Crippen LogP contribution is -2.61. The number of nitrogens with one attached hydrogen (secondary N) is 2. The van der Waals surface area contributed by atoms with E-state index in [0.717, 1.165) is 0 Å². The van der Waals surface area contributed by atoms with Crippen molar-refractivity contribution >= 4 is 5.91 Å². The minimum Gasteiger partial charge on any atom is -0.394 e. The predicted octanol–water partition coefficient (Wildman–Crippen LogP) is -2.80. The number of aliphatic hydroxyl groups excluding tert-OH is 3. The third-order valence-corrected chi connectivity index (χ3v) is 2.86. The molecule has 0 bridgehead atoms. The summed E-state index contributed by atoms with van der Waals surface area (Å²) in [6.45, 7) is 1.48. The van der Waals surface area contributed by atoms with Crippen molar-refractivity contribution in [1.29, 1.82) is 0 Å². The molecule has 17 heavy (non-hydrogen) atoms. The van der Waals surface area contributed by atoms with Crippen molar-refractivity contribution in [2.45, 2.75) is 18.1 Å². The molecule has 0 radical (unpaired) electrons. The number of hydrogen-bond donors (Lipinski definition) is 5. The normalized spacial score (nSPS) is 18.6. The zero-order chi connectivity index (χ0) is 12.9. The molecule has 1 saturated heterocycles. The molecule has 7 heteroatoms. The highest BCUT2D eigenvalue weighted by Gasteiger charge is 2.34. The summed E-state index contributed by atoms with van der Waals surface area (Å²) in [7, 11) is 0. The fourth-order valence-corrected chi connectivity index (χ4v) is 1.42. The summed E-state index contributed by atoms with van der Waals surface area (Å²) < 4.78 is 5.39. The Balaban J connectivity index is 2.37. The Morgan fingerprint density at radius 2 is 1.88 bits per heavy atom. The van der Waals surface area contributed by atoms with Gasteiger partial charge in [-0.15, -0.1) is 0 Å². The van der Waals surface area contributed by atoms with Crippen LogP contribution in [0.4, 0.5) is 0 Å². The van der Waals surface area contributed by atoms with Gasteiger partial charge in [0.25, 0.3) is 0 Å². The van der Waals surface area contributed by atoms with E-state index in [2.05, 4.69) is 10.6 Å². The standard InChI is InChI=1S/C10H20N2O5/c1-9(3-11-4-9)17-2-8(16)12-10(5-13,6-14)7-15/h11,13-15H,2-7H2,1H3,(H,12,16). The number of hydrogen-bond acceptors (Lipinski definition) is 6. The van der Waals surface area contributed by atoms with E-state index >= 15 is 0 Å². The van der Waals surface area contributed by atoms with E-state index in [1.807, 2.05) is 6.92 Å². The minimum atomic E-state index is -1.39. The van der Waals surface area contributed by atoms with Crippen LogP contribution in [0.2, 0.25) is 0 Å². The van der Waals surface area contributed by atoms with Crippen LogP contribution in [0.5, 0.6) is 0 Å². The summed E-state index contributed by atoms with van der Waals surface area (Å²) in [6, 6.07) is 0. The van der Waals surface area contributed by atoms with Gasteiger partial charge in [-0.3, -0.25) is 4.79 Å². The van der Waals surface area contributed by atoms with Crippen molar-refractivity contribution < 1.29 is 24.9 Å². The molecule has 1 aliphatic heterocycles. The quantitative estimate of drug-likeness (QED) is 0.333. The lowest BCUT2D eigenvalue weighted by Gasteiger charge is -2.39. The van der Waals surface area contributed by atoms with Gasteiger partial charge >= 0.3 is 0 Å². The van der Waals surface area contributed by atoms with Crippen molar-refractivity contribution in [3.05, 3.63) is 0 Å². The summed E-state index contributed by atoms with van der Waals surface area (Å²) in [5, 5.41) is 32.5. The zero-order valence-electron chi connectivity index (χ0n) is 9.90. The monoisotopic (exact) mass is 248 g/mol. The molecule has 0 aromatic carbocycles. The van der Waals surface area contributed by atoms with Crippen LogP contribution in [0.15, 0.2) is 0 Å². The number of ether oxygens (including phenoxy) is 1. The fourth-order valence-electron chi connectivity index (χ4n) is 1.42. The van der Waals surface area contributed by atoms with Gasteiger partial charge in [0.15, 0.2) is 0 Å². The summed E-state index contributed by atoms with van der Waals surface area (Å²) in [4.78, 5) is 11.5. The van der Waals surface area contributed by atoms with E-state index in [9.17, 15) is 4.79 Å². The highest BCUT2D eigenvalue weighted by molar-refractivity contribution is 5.78. The molecule has 100 valence electrons. The highest BCUT2D eigenvalue weighted by Crippen LogP contribution is 2.14. The van der Waals surface area contributed by atoms with Crippen LogP contribution < -0.4 is 10.6 Å². The summed E-state index contributed by atoms with van der Waals surface area (Å²) in [5.74, 6) is -0.477. The summed E-state index contributed by atoms with van der Waals surface area (Å²) in [5.41, 5.74) is -1.73. The maximum atomic E-state index is 11.5. The molecule has 5 N–H and O–H groups in total. The van der Waals surface area contributed by atoms with E-state index in [-0.39, 0.29) is 12.2 Å². The van der Waals surface area contributed by atoms with Crippen molar-refractivity contribution in [1.82, 2.24) is 10.6 Å². The molecular formula is C10H20N2O5. The van der Waals surface area contributed by atoms with Gasteiger partial charge in [0, 0.05) is 13.1 Å². The van der Waals surface area contributed by atoms with Crippen LogP contribution in [0, 0.1) is 0 Å². The zero-order valence-corrected chi connectivity index (χ0v) is 9.90. The first-order chi connectivity index (χ1) is 7.99. The van der Waals surface area contributed by atoms with Crippen LogP contribution in [-0.4, -0.2) is 71.9 Å². The Bertz CT molecular complexity index is 255. The van der Waals surface area contributed by atoms with Gasteiger partial charge in [0.1, 0.15) is 12.1 Å². The molecule has 0 aromatic heterocycles. The van der Waals surface area contributed by atoms with E-state index in [0.29, 0.717) is 13.1 Å². The molecule has 0 spiro atoms. The van der Waals surface area contributed by atoms with Crippen molar-refractivity contribution in [2.75, 3.05) is 39.5 Å². The molecule has 1 heterocycles. The molecule has 0 aromatic rings. The Labute approximate surface area is 99.8 Å². The molecule has 1 rings (SSSR count). The third kappa shape index (κ3) is 3.62. The van der Waals surface area contributed by atoms with E-state index < -0.39 is 31.3 Å². The maximum Gasteiger partial charge on any atom is 0.246 e. The number of amides is 1. The molecule has 0 atom stereocenters. The number of rotatable bonds is 7. The van der Waals surface area contributed by atoms with Gasteiger partial charge in [0.05, 0.1) is 25.4 Å².